The molecule has 4 heteroatoms. The fraction of sp³-hybridized carbons (Fsp3) is 0.625. The van der Waals surface area contributed by atoms with Crippen LogP contribution in [0.4, 0.5) is 0 Å². The van der Waals surface area contributed by atoms with Crippen LogP contribution in [0.5, 0.6) is 0 Å². The van der Waals surface area contributed by atoms with Crippen LogP contribution in [0.25, 0.3) is 0 Å². The minimum absolute atomic E-state index is 0.135. The summed E-state index contributed by atoms with van der Waals surface area (Å²) in [6.07, 6.45) is 9.79. The summed E-state index contributed by atoms with van der Waals surface area (Å²) in [6, 6.07) is 3.22. The molecule has 0 bridgehead atoms. The van der Waals surface area contributed by atoms with Crippen LogP contribution >= 0.6 is 0 Å². The van der Waals surface area contributed by atoms with Crippen molar-refractivity contribution in [1.29, 1.82) is 0 Å². The van der Waals surface area contributed by atoms with Gasteiger partial charge < -0.3 is 9.73 Å². The van der Waals surface area contributed by atoms with E-state index in [0.29, 0.717) is 6.54 Å². The summed E-state index contributed by atoms with van der Waals surface area (Å²) in [7, 11) is 0. The lowest BCUT2D eigenvalue weighted by Crippen LogP contribution is -2.26. The lowest BCUT2D eigenvalue weighted by Gasteiger charge is -2.04. The molecule has 0 fully saturated rings. The maximum Gasteiger partial charge on any atom is 0.227 e. The van der Waals surface area contributed by atoms with Gasteiger partial charge in [-0.15, -0.1) is 0 Å². The molecule has 1 aromatic rings. The van der Waals surface area contributed by atoms with Gasteiger partial charge in [0, 0.05) is 6.54 Å². The van der Waals surface area contributed by atoms with E-state index in [4.69, 9.17) is 4.42 Å². The van der Waals surface area contributed by atoms with Gasteiger partial charge in [-0.05, 0) is 18.6 Å². The summed E-state index contributed by atoms with van der Waals surface area (Å²) in [5, 5.41) is 2.78. The van der Waals surface area contributed by atoms with E-state index in [1.807, 2.05) is 0 Å². The zero-order chi connectivity index (χ0) is 14.6. The summed E-state index contributed by atoms with van der Waals surface area (Å²) in [4.78, 5) is 23.1. The minimum Gasteiger partial charge on any atom is -0.461 e. The van der Waals surface area contributed by atoms with E-state index >= 15 is 0 Å². The summed E-state index contributed by atoms with van der Waals surface area (Å²) in [6.45, 7) is 2.86. The van der Waals surface area contributed by atoms with Gasteiger partial charge >= 0.3 is 0 Å². The van der Waals surface area contributed by atoms with E-state index in [2.05, 4.69) is 12.2 Å². The van der Waals surface area contributed by atoms with Crippen molar-refractivity contribution in [3.63, 3.8) is 0 Å². The quantitative estimate of drug-likeness (QED) is 0.381. The average Bonchev–Trinajstić information content (AvgIpc) is 2.96. The van der Waals surface area contributed by atoms with Crippen molar-refractivity contribution in [3.8, 4) is 0 Å². The van der Waals surface area contributed by atoms with Gasteiger partial charge in [0.15, 0.2) is 5.76 Å². The van der Waals surface area contributed by atoms with Gasteiger partial charge in [0.1, 0.15) is 0 Å². The van der Waals surface area contributed by atoms with Gasteiger partial charge in [0.25, 0.3) is 0 Å². The number of hydrogen-bond donors (Lipinski definition) is 1. The van der Waals surface area contributed by atoms with Gasteiger partial charge in [-0.1, -0.05) is 45.4 Å². The molecule has 0 radical (unpaired) electrons. The standard InChI is InChI=1S/C16H25NO3/c1-2-3-4-5-6-7-8-11-17-16(19)13-14(18)15-10-9-12-20-15/h9-10,12H,2-8,11,13H2,1H3,(H,17,19). The molecule has 0 aromatic carbocycles. The van der Waals surface area contributed by atoms with E-state index in [9.17, 15) is 9.59 Å². The summed E-state index contributed by atoms with van der Waals surface area (Å²) in [5.74, 6) is -0.250. The fourth-order valence-corrected chi connectivity index (χ4v) is 2.04. The lowest BCUT2D eigenvalue weighted by atomic mass is 10.1. The third-order valence-electron chi connectivity index (χ3n) is 3.22. The molecule has 0 aliphatic carbocycles. The Balaban J connectivity index is 1.99. The number of ketones is 1. The van der Waals surface area contributed by atoms with Crippen LogP contribution in [0, 0.1) is 0 Å². The molecule has 0 saturated carbocycles. The monoisotopic (exact) mass is 279 g/mol. The Bertz CT molecular complexity index is 384. The second-order valence-corrected chi connectivity index (χ2v) is 5.05. The molecule has 20 heavy (non-hydrogen) atoms. The van der Waals surface area contributed by atoms with E-state index in [1.165, 1.54) is 38.4 Å². The largest absolute Gasteiger partial charge is 0.461 e. The maximum absolute atomic E-state index is 11.6. The number of Topliss-reactive ketones (excluding diaryl/α,β-unsaturated/α-hetero) is 1. The van der Waals surface area contributed by atoms with E-state index < -0.39 is 0 Å². The molecule has 1 rings (SSSR count). The van der Waals surface area contributed by atoms with Crippen LogP contribution in [-0.2, 0) is 4.79 Å². The molecule has 0 saturated heterocycles. The molecule has 0 unspecified atom stereocenters. The van der Waals surface area contributed by atoms with Crippen molar-refractivity contribution in [1.82, 2.24) is 5.32 Å². The van der Waals surface area contributed by atoms with Crippen LogP contribution in [0.2, 0.25) is 0 Å². The van der Waals surface area contributed by atoms with E-state index in [0.717, 1.165) is 12.8 Å². The van der Waals surface area contributed by atoms with Crippen molar-refractivity contribution in [2.24, 2.45) is 0 Å². The highest BCUT2D eigenvalue weighted by Crippen LogP contribution is 2.06. The maximum atomic E-state index is 11.6. The molecule has 1 aromatic heterocycles. The van der Waals surface area contributed by atoms with Crippen molar-refractivity contribution >= 4 is 11.7 Å². The molecule has 4 nitrogen and oxygen atoms in total. The number of hydrogen-bond acceptors (Lipinski definition) is 3. The molecule has 112 valence electrons. The SMILES string of the molecule is CCCCCCCCCNC(=O)CC(=O)c1ccco1. The Morgan fingerprint density at radius 2 is 1.80 bits per heavy atom. The first-order valence-corrected chi connectivity index (χ1v) is 7.57. The van der Waals surface area contributed by atoms with Gasteiger partial charge in [-0.2, -0.15) is 0 Å². The third-order valence-corrected chi connectivity index (χ3v) is 3.22. The zero-order valence-corrected chi connectivity index (χ0v) is 12.3. The lowest BCUT2D eigenvalue weighted by molar-refractivity contribution is -0.120. The number of furan rings is 1. The molecule has 0 aliphatic heterocycles. The van der Waals surface area contributed by atoms with E-state index in [-0.39, 0.29) is 23.9 Å². The van der Waals surface area contributed by atoms with Gasteiger partial charge in [-0.3, -0.25) is 9.59 Å². The van der Waals surface area contributed by atoms with Crippen molar-refractivity contribution in [2.45, 2.75) is 58.3 Å². The van der Waals surface area contributed by atoms with Crippen molar-refractivity contribution in [2.75, 3.05) is 6.54 Å². The van der Waals surface area contributed by atoms with Crippen LogP contribution in [0.3, 0.4) is 0 Å². The molecular weight excluding hydrogens is 254 g/mol. The number of rotatable bonds is 11. The highest BCUT2D eigenvalue weighted by molar-refractivity contribution is 6.05. The number of carbonyl (C=O) groups is 2. The van der Waals surface area contributed by atoms with Crippen LogP contribution < -0.4 is 5.32 Å². The summed E-state index contributed by atoms with van der Waals surface area (Å²) < 4.78 is 4.96. The topological polar surface area (TPSA) is 59.3 Å². The molecule has 0 atom stereocenters. The Morgan fingerprint density at radius 3 is 2.45 bits per heavy atom. The number of amides is 1. The van der Waals surface area contributed by atoms with Crippen molar-refractivity contribution in [3.05, 3.63) is 24.2 Å². The first kappa shape index (κ1) is 16.5. The molecule has 1 amide bonds. The normalized spacial score (nSPS) is 10.4. The first-order chi connectivity index (χ1) is 9.74. The number of unbranched alkanes of at least 4 members (excludes halogenated alkanes) is 6. The number of carbonyl (C=O) groups excluding carboxylic acids is 2. The highest BCUT2D eigenvalue weighted by Gasteiger charge is 2.13. The predicted octanol–water partition coefficient (Wildman–Crippen LogP) is 3.72. The molecule has 0 aliphatic rings. The number of nitrogens with one attached hydrogen (secondary N) is 1. The van der Waals surface area contributed by atoms with Gasteiger partial charge in [0.05, 0.1) is 12.7 Å². The molecular formula is C16H25NO3. The van der Waals surface area contributed by atoms with E-state index in [1.54, 1.807) is 12.1 Å². The fourth-order valence-electron chi connectivity index (χ4n) is 2.04. The first-order valence-electron chi connectivity index (χ1n) is 7.57. The summed E-state index contributed by atoms with van der Waals surface area (Å²) >= 11 is 0. The Labute approximate surface area is 120 Å². The van der Waals surface area contributed by atoms with Gasteiger partial charge in [-0.25, -0.2) is 0 Å². The van der Waals surface area contributed by atoms with Gasteiger partial charge in [0.2, 0.25) is 11.7 Å². The second-order valence-electron chi connectivity index (χ2n) is 5.05. The average molecular weight is 279 g/mol. The van der Waals surface area contributed by atoms with Crippen LogP contribution in [0.15, 0.2) is 22.8 Å². The Hall–Kier alpha value is -1.58. The second kappa shape index (κ2) is 10.2. The third kappa shape index (κ3) is 7.12. The molecule has 1 N–H and O–H groups in total. The molecule has 1 heterocycles. The van der Waals surface area contributed by atoms with Crippen molar-refractivity contribution < 1.29 is 14.0 Å². The Morgan fingerprint density at radius 1 is 1.10 bits per heavy atom. The van der Waals surface area contributed by atoms with Crippen LogP contribution in [0.1, 0.15) is 68.8 Å². The smallest absolute Gasteiger partial charge is 0.227 e. The predicted molar refractivity (Wildman–Crippen MR) is 78.7 cm³/mol. The highest BCUT2D eigenvalue weighted by atomic mass is 16.3. The Kier molecular flexibility index (Phi) is 8.43. The minimum atomic E-state index is -0.271. The summed E-state index contributed by atoms with van der Waals surface area (Å²) in [5.41, 5.74) is 0. The van der Waals surface area contributed by atoms with Crippen LogP contribution in [-0.4, -0.2) is 18.2 Å². The zero-order valence-electron chi connectivity index (χ0n) is 12.3. The molecule has 0 spiro atoms.